The molecular formula is C25H18F3N3O. The highest BCUT2D eigenvalue weighted by molar-refractivity contribution is 5.90. The van der Waals surface area contributed by atoms with E-state index in [9.17, 15) is 18.0 Å². The molecule has 0 radical (unpaired) electrons. The number of carbonyl (C=O) groups excluding carboxylic acids is 1. The maximum Gasteiger partial charge on any atom is 0.323 e. The van der Waals surface area contributed by atoms with E-state index in [1.54, 1.807) is 17.0 Å². The molecule has 32 heavy (non-hydrogen) atoms. The lowest BCUT2D eigenvalue weighted by Crippen LogP contribution is -2.38. The summed E-state index contributed by atoms with van der Waals surface area (Å²) in [5.74, 6) is -1.98. The average Bonchev–Trinajstić information content (AvgIpc) is 3.21. The number of anilines is 1. The van der Waals surface area contributed by atoms with Gasteiger partial charge in [-0.3, -0.25) is 0 Å². The molecule has 3 aromatic carbocycles. The summed E-state index contributed by atoms with van der Waals surface area (Å²) in [5.41, 5.74) is 3.19. The molecule has 0 fully saturated rings. The Morgan fingerprint density at radius 1 is 0.875 bits per heavy atom. The predicted octanol–water partition coefficient (Wildman–Crippen LogP) is 6.03. The lowest BCUT2D eigenvalue weighted by atomic mass is 10.0. The van der Waals surface area contributed by atoms with E-state index < -0.39 is 23.7 Å². The minimum absolute atomic E-state index is 0.123. The Morgan fingerprint density at radius 2 is 1.62 bits per heavy atom. The highest BCUT2D eigenvalue weighted by Crippen LogP contribution is 2.37. The second-order valence-electron chi connectivity index (χ2n) is 7.57. The molecule has 0 aliphatic carbocycles. The number of aromatic nitrogens is 1. The van der Waals surface area contributed by atoms with E-state index in [1.165, 1.54) is 18.2 Å². The number of benzene rings is 3. The van der Waals surface area contributed by atoms with Gasteiger partial charge in [0.25, 0.3) is 0 Å². The van der Waals surface area contributed by atoms with Crippen molar-refractivity contribution in [2.75, 3.05) is 5.32 Å². The van der Waals surface area contributed by atoms with Crippen molar-refractivity contribution in [2.24, 2.45) is 0 Å². The van der Waals surface area contributed by atoms with Crippen molar-refractivity contribution in [3.63, 3.8) is 0 Å². The largest absolute Gasteiger partial charge is 0.323 e. The Labute approximate surface area is 182 Å². The van der Waals surface area contributed by atoms with Crippen LogP contribution < -0.4 is 5.32 Å². The first kappa shape index (κ1) is 19.9. The molecule has 0 saturated carbocycles. The molecule has 5 rings (SSSR count). The first-order valence-electron chi connectivity index (χ1n) is 10.0. The van der Waals surface area contributed by atoms with Crippen LogP contribution in [0.3, 0.4) is 0 Å². The fraction of sp³-hybridized carbons (Fsp3) is 0.0800. The van der Waals surface area contributed by atoms with Gasteiger partial charge in [-0.05, 0) is 53.6 Å². The Morgan fingerprint density at radius 3 is 2.41 bits per heavy atom. The molecule has 0 bridgehead atoms. The number of hydrogen-bond donors (Lipinski definition) is 1. The summed E-state index contributed by atoms with van der Waals surface area (Å²) in [6.45, 7) is 0.231. The van der Waals surface area contributed by atoms with Gasteiger partial charge < -0.3 is 14.8 Å². The lowest BCUT2D eigenvalue weighted by molar-refractivity contribution is 0.194. The van der Waals surface area contributed by atoms with E-state index in [0.717, 1.165) is 29.1 Å². The molecule has 2 amide bonds. The van der Waals surface area contributed by atoms with Gasteiger partial charge >= 0.3 is 6.03 Å². The van der Waals surface area contributed by atoms with Crippen LogP contribution in [0.2, 0.25) is 0 Å². The van der Waals surface area contributed by atoms with Gasteiger partial charge in [0.05, 0.1) is 24.0 Å². The highest BCUT2D eigenvalue weighted by Gasteiger charge is 2.33. The minimum Gasteiger partial charge on any atom is -0.318 e. The Balaban J connectivity index is 1.62. The number of rotatable bonds is 2. The molecule has 2 heterocycles. The molecule has 0 unspecified atom stereocenters. The third-order valence-corrected chi connectivity index (χ3v) is 5.58. The van der Waals surface area contributed by atoms with Crippen LogP contribution in [0.1, 0.15) is 22.9 Å². The highest BCUT2D eigenvalue weighted by atomic mass is 19.1. The monoisotopic (exact) mass is 433 g/mol. The summed E-state index contributed by atoms with van der Waals surface area (Å²) in [5, 5.41) is 2.56. The number of nitrogens with zero attached hydrogens (tertiary/aromatic N) is 2. The Bertz CT molecular complexity index is 1300. The summed E-state index contributed by atoms with van der Waals surface area (Å²) < 4.78 is 43.2. The van der Waals surface area contributed by atoms with Crippen LogP contribution >= 0.6 is 0 Å². The van der Waals surface area contributed by atoms with E-state index >= 15 is 0 Å². The zero-order valence-electron chi connectivity index (χ0n) is 16.8. The van der Waals surface area contributed by atoms with Crippen LogP contribution in [0, 0.1) is 17.5 Å². The number of halogens is 3. The topological polar surface area (TPSA) is 37.3 Å². The van der Waals surface area contributed by atoms with Crippen molar-refractivity contribution >= 4 is 11.7 Å². The van der Waals surface area contributed by atoms with Crippen molar-refractivity contribution in [1.82, 2.24) is 9.47 Å². The van der Waals surface area contributed by atoms with Crippen molar-refractivity contribution in [3.05, 3.63) is 119 Å². The van der Waals surface area contributed by atoms with Gasteiger partial charge in [0.15, 0.2) is 0 Å². The molecule has 1 aromatic heterocycles. The quantitative estimate of drug-likeness (QED) is 0.412. The summed E-state index contributed by atoms with van der Waals surface area (Å²) in [6.07, 6.45) is 1.91. The molecular weight excluding hydrogens is 415 g/mol. The number of hydrogen-bond acceptors (Lipinski definition) is 1. The van der Waals surface area contributed by atoms with Gasteiger partial charge in [0.1, 0.15) is 17.5 Å². The van der Waals surface area contributed by atoms with E-state index in [1.807, 2.05) is 47.2 Å². The first-order valence-corrected chi connectivity index (χ1v) is 10.0. The molecule has 1 atom stereocenters. The van der Waals surface area contributed by atoms with Crippen LogP contribution in [0.4, 0.5) is 23.7 Å². The first-order chi connectivity index (χ1) is 15.5. The van der Waals surface area contributed by atoms with Gasteiger partial charge in [-0.15, -0.1) is 0 Å². The van der Waals surface area contributed by atoms with Gasteiger partial charge in [-0.1, -0.05) is 30.3 Å². The fourth-order valence-electron chi connectivity index (χ4n) is 4.11. The molecule has 0 spiro atoms. The van der Waals surface area contributed by atoms with Gasteiger partial charge in [0, 0.05) is 18.0 Å². The molecule has 160 valence electrons. The number of fused-ring (bicyclic) bond motifs is 3. The van der Waals surface area contributed by atoms with Crippen LogP contribution in [-0.4, -0.2) is 15.5 Å². The van der Waals surface area contributed by atoms with E-state index in [2.05, 4.69) is 5.32 Å². The molecule has 4 aromatic rings. The van der Waals surface area contributed by atoms with Crippen LogP contribution in [-0.2, 0) is 6.54 Å². The number of carbonyl (C=O) groups is 1. The van der Waals surface area contributed by atoms with E-state index in [4.69, 9.17) is 0 Å². The number of amides is 2. The van der Waals surface area contributed by atoms with Crippen LogP contribution in [0.25, 0.3) is 5.69 Å². The second-order valence-corrected chi connectivity index (χ2v) is 7.57. The van der Waals surface area contributed by atoms with Crippen molar-refractivity contribution in [3.8, 4) is 5.69 Å². The lowest BCUT2D eigenvalue weighted by Gasteiger charge is -2.31. The van der Waals surface area contributed by atoms with Gasteiger partial charge in [0.2, 0.25) is 0 Å². The predicted molar refractivity (Wildman–Crippen MR) is 115 cm³/mol. The van der Waals surface area contributed by atoms with Crippen molar-refractivity contribution in [2.45, 2.75) is 12.6 Å². The van der Waals surface area contributed by atoms with Crippen molar-refractivity contribution < 1.29 is 18.0 Å². The summed E-state index contributed by atoms with van der Waals surface area (Å²) in [6, 6.07) is 19.3. The summed E-state index contributed by atoms with van der Waals surface area (Å²) in [4.78, 5) is 15.0. The van der Waals surface area contributed by atoms with E-state index in [0.29, 0.717) is 5.56 Å². The molecule has 1 N–H and O–H groups in total. The SMILES string of the molecule is O=C(Nc1ccc(F)cc1F)N1Cc2ccccc2-n2cccc2[C@@H]1c1ccc(F)cc1. The van der Waals surface area contributed by atoms with E-state index in [-0.39, 0.29) is 18.0 Å². The Kier molecular flexibility index (Phi) is 4.93. The standard InChI is InChI=1S/C25H18F3N3O/c26-18-9-7-16(8-10-18)24-23-6-3-13-30(23)22-5-2-1-4-17(22)15-31(24)25(32)29-21-12-11-19(27)14-20(21)28/h1-14,24H,15H2,(H,29,32)/t24-/m0/s1. The van der Waals surface area contributed by atoms with Crippen LogP contribution in [0.15, 0.2) is 85.1 Å². The molecule has 7 heteroatoms. The summed E-state index contributed by atoms with van der Waals surface area (Å²) >= 11 is 0. The number of nitrogens with one attached hydrogen (secondary N) is 1. The molecule has 4 nitrogen and oxygen atoms in total. The summed E-state index contributed by atoms with van der Waals surface area (Å²) in [7, 11) is 0. The van der Waals surface area contributed by atoms with Gasteiger partial charge in [-0.25, -0.2) is 18.0 Å². The fourth-order valence-corrected chi connectivity index (χ4v) is 4.11. The zero-order chi connectivity index (χ0) is 22.2. The zero-order valence-corrected chi connectivity index (χ0v) is 16.8. The molecule has 0 saturated heterocycles. The third kappa shape index (κ3) is 3.51. The maximum atomic E-state index is 14.2. The number of para-hydroxylation sites is 1. The Hall–Kier alpha value is -4.00. The second kappa shape index (κ2) is 7.92. The molecule has 1 aliphatic heterocycles. The smallest absolute Gasteiger partial charge is 0.318 e. The number of urea groups is 1. The van der Waals surface area contributed by atoms with Gasteiger partial charge in [-0.2, -0.15) is 0 Å². The minimum atomic E-state index is -0.865. The third-order valence-electron chi connectivity index (χ3n) is 5.58. The normalized spacial score (nSPS) is 15.0. The maximum absolute atomic E-state index is 14.2. The van der Waals surface area contributed by atoms with Crippen molar-refractivity contribution in [1.29, 1.82) is 0 Å². The average molecular weight is 433 g/mol. The molecule has 1 aliphatic rings. The van der Waals surface area contributed by atoms with Crippen LogP contribution in [0.5, 0.6) is 0 Å².